The van der Waals surface area contributed by atoms with Gasteiger partial charge in [-0.05, 0) is 30.4 Å². The Morgan fingerprint density at radius 1 is 1.64 bits per heavy atom. The molecule has 1 nitrogen and oxygen atoms in total. The highest BCUT2D eigenvalue weighted by Crippen LogP contribution is 2.15. The maximum atomic E-state index is 11.4. The Labute approximate surface area is 84.5 Å². The summed E-state index contributed by atoms with van der Waals surface area (Å²) in [6.45, 7) is 5.62. The maximum Gasteiger partial charge on any atom is 0.235 e. The molecule has 1 rings (SSSR count). The molecule has 0 radical (unpaired) electrons. The molecule has 0 heterocycles. The third kappa shape index (κ3) is 1.92. The van der Waals surface area contributed by atoms with Gasteiger partial charge in [-0.2, -0.15) is 0 Å². The van der Waals surface area contributed by atoms with Crippen LogP contribution in [0.2, 0.25) is 0 Å². The number of hydrogen-bond acceptors (Lipinski definition) is 1. The zero-order chi connectivity index (χ0) is 10.6. The third-order valence-electron chi connectivity index (χ3n) is 2.13. The molecule has 0 spiro atoms. The molecule has 0 amide bonds. The van der Waals surface area contributed by atoms with Gasteiger partial charge >= 0.3 is 0 Å². The molecule has 14 heavy (non-hydrogen) atoms. The predicted octanol–water partition coefficient (Wildman–Crippen LogP) is 2.54. The van der Waals surface area contributed by atoms with Crippen molar-refractivity contribution in [1.82, 2.24) is 0 Å². The lowest BCUT2D eigenvalue weighted by molar-refractivity contribution is 0.105. The second-order valence-electron chi connectivity index (χ2n) is 3.07. The van der Waals surface area contributed by atoms with Gasteiger partial charge in [-0.15, -0.1) is 13.0 Å². The molecule has 0 saturated carbocycles. The van der Waals surface area contributed by atoms with Crippen molar-refractivity contribution in [2.75, 3.05) is 0 Å². The van der Waals surface area contributed by atoms with Gasteiger partial charge in [-0.25, -0.2) is 0 Å². The van der Waals surface area contributed by atoms with Crippen molar-refractivity contribution in [3.8, 4) is 12.3 Å². The fraction of sp³-hybridized carbons (Fsp3) is 0.154. The van der Waals surface area contributed by atoms with Crippen LogP contribution in [-0.4, -0.2) is 5.78 Å². The van der Waals surface area contributed by atoms with Crippen LogP contribution in [0.5, 0.6) is 0 Å². The minimum absolute atomic E-state index is 0.259. The molecular formula is C13H12O. The van der Waals surface area contributed by atoms with E-state index in [9.17, 15) is 4.79 Å². The van der Waals surface area contributed by atoms with Crippen molar-refractivity contribution in [2.45, 2.75) is 13.3 Å². The van der Waals surface area contributed by atoms with Gasteiger partial charge in [0, 0.05) is 5.56 Å². The Hall–Kier alpha value is -1.81. The van der Waals surface area contributed by atoms with Gasteiger partial charge in [-0.1, -0.05) is 24.3 Å². The molecule has 0 atom stereocenters. The molecule has 70 valence electrons. The van der Waals surface area contributed by atoms with E-state index in [2.05, 4.69) is 12.5 Å². The smallest absolute Gasteiger partial charge is 0.235 e. The lowest BCUT2D eigenvalue weighted by atomic mass is 9.96. The molecule has 1 heteroatoms. The molecule has 0 aliphatic carbocycles. The van der Waals surface area contributed by atoms with E-state index >= 15 is 0 Å². The summed E-state index contributed by atoms with van der Waals surface area (Å²) in [5.74, 6) is 1.88. The Balaban J connectivity index is 3.29. The Bertz CT molecular complexity index is 408. The zero-order valence-electron chi connectivity index (χ0n) is 8.21. The van der Waals surface area contributed by atoms with Crippen molar-refractivity contribution >= 4 is 5.78 Å². The molecule has 0 bridgehead atoms. The van der Waals surface area contributed by atoms with Crippen molar-refractivity contribution < 1.29 is 4.79 Å². The molecule has 0 aliphatic heterocycles. The summed E-state index contributed by atoms with van der Waals surface area (Å²) in [6, 6.07) is 5.56. The number of carbonyl (C=O) groups is 1. The summed E-state index contributed by atoms with van der Waals surface area (Å²) in [5.41, 5.74) is 2.67. The number of Topliss-reactive ketones (excluding diaryl/α,β-unsaturated/α-hetero) is 1. The van der Waals surface area contributed by atoms with Crippen molar-refractivity contribution in [3.63, 3.8) is 0 Å². The summed E-state index contributed by atoms with van der Waals surface area (Å²) in [4.78, 5) is 11.4. The predicted molar refractivity (Wildman–Crippen MR) is 58.2 cm³/mol. The Morgan fingerprint density at radius 3 is 2.93 bits per heavy atom. The summed E-state index contributed by atoms with van der Waals surface area (Å²) >= 11 is 0. The van der Waals surface area contributed by atoms with E-state index in [4.69, 9.17) is 6.42 Å². The first-order valence-electron chi connectivity index (χ1n) is 4.41. The van der Waals surface area contributed by atoms with Gasteiger partial charge < -0.3 is 0 Å². The Kier molecular flexibility index (Phi) is 3.25. The van der Waals surface area contributed by atoms with Crippen LogP contribution < -0.4 is 0 Å². The summed E-state index contributed by atoms with van der Waals surface area (Å²) in [6.07, 6.45) is 7.54. The van der Waals surface area contributed by atoms with Gasteiger partial charge in [0.05, 0.1) is 0 Å². The lowest BCUT2D eigenvalue weighted by Gasteiger charge is -2.07. The maximum absolute atomic E-state index is 11.4. The van der Waals surface area contributed by atoms with Crippen molar-refractivity contribution in [3.05, 3.63) is 47.5 Å². The average Bonchev–Trinajstić information content (AvgIpc) is 2.20. The highest BCUT2D eigenvalue weighted by atomic mass is 16.1. The standard InChI is InChI=1S/C13H12O/c1-4-7-11-10(3)8-6-9-12(11)13(14)5-2/h2,4,6,8-9H,1,7H2,3H3. The fourth-order valence-electron chi connectivity index (χ4n) is 1.41. The van der Waals surface area contributed by atoms with Gasteiger partial charge in [0.2, 0.25) is 5.78 Å². The van der Waals surface area contributed by atoms with Crippen LogP contribution >= 0.6 is 0 Å². The van der Waals surface area contributed by atoms with Gasteiger partial charge in [0.1, 0.15) is 0 Å². The highest BCUT2D eigenvalue weighted by molar-refractivity contribution is 6.09. The molecule has 0 fully saturated rings. The van der Waals surface area contributed by atoms with Crippen LogP contribution in [-0.2, 0) is 6.42 Å². The molecule has 0 N–H and O–H groups in total. The van der Waals surface area contributed by atoms with Gasteiger partial charge in [0.25, 0.3) is 0 Å². The minimum atomic E-state index is -0.259. The summed E-state index contributed by atoms with van der Waals surface area (Å²) < 4.78 is 0. The van der Waals surface area contributed by atoms with Gasteiger partial charge in [0.15, 0.2) is 0 Å². The number of carbonyl (C=O) groups excluding carboxylic acids is 1. The number of ketones is 1. The molecule has 0 aliphatic rings. The largest absolute Gasteiger partial charge is 0.279 e. The molecule has 0 saturated heterocycles. The van der Waals surface area contributed by atoms with Crippen LogP contribution in [0.4, 0.5) is 0 Å². The Morgan fingerprint density at radius 2 is 2.36 bits per heavy atom. The SMILES string of the molecule is C#CC(=O)c1cccc(C)c1CC=C. The highest BCUT2D eigenvalue weighted by Gasteiger charge is 2.09. The van der Waals surface area contributed by atoms with E-state index < -0.39 is 0 Å². The van der Waals surface area contributed by atoms with Crippen LogP contribution in [0.15, 0.2) is 30.9 Å². The second kappa shape index (κ2) is 4.43. The first-order valence-corrected chi connectivity index (χ1v) is 4.41. The monoisotopic (exact) mass is 184 g/mol. The molecular weight excluding hydrogens is 172 g/mol. The number of allylic oxidation sites excluding steroid dienone is 1. The van der Waals surface area contributed by atoms with Crippen LogP contribution in [0.3, 0.4) is 0 Å². The molecule has 1 aromatic carbocycles. The van der Waals surface area contributed by atoms with E-state index in [1.165, 1.54) is 0 Å². The zero-order valence-corrected chi connectivity index (χ0v) is 8.21. The topological polar surface area (TPSA) is 17.1 Å². The third-order valence-corrected chi connectivity index (χ3v) is 2.13. The first kappa shape index (κ1) is 10.3. The van der Waals surface area contributed by atoms with E-state index in [1.54, 1.807) is 12.1 Å². The molecule has 0 unspecified atom stereocenters. The van der Waals surface area contributed by atoms with Crippen LogP contribution in [0, 0.1) is 19.3 Å². The lowest BCUT2D eigenvalue weighted by Crippen LogP contribution is -2.02. The van der Waals surface area contributed by atoms with Gasteiger partial charge in [-0.3, -0.25) is 4.79 Å². The minimum Gasteiger partial charge on any atom is -0.279 e. The summed E-state index contributed by atoms with van der Waals surface area (Å²) in [7, 11) is 0. The van der Waals surface area contributed by atoms with Crippen molar-refractivity contribution in [1.29, 1.82) is 0 Å². The number of hydrogen-bond donors (Lipinski definition) is 0. The van der Waals surface area contributed by atoms with E-state index in [1.807, 2.05) is 19.1 Å². The second-order valence-corrected chi connectivity index (χ2v) is 3.07. The summed E-state index contributed by atoms with van der Waals surface area (Å²) in [5, 5.41) is 0. The van der Waals surface area contributed by atoms with Crippen LogP contribution in [0.25, 0.3) is 0 Å². The number of rotatable bonds is 3. The number of benzene rings is 1. The van der Waals surface area contributed by atoms with Crippen LogP contribution in [0.1, 0.15) is 21.5 Å². The molecule has 0 aromatic heterocycles. The molecule has 1 aromatic rings. The van der Waals surface area contributed by atoms with Crippen molar-refractivity contribution in [2.24, 2.45) is 0 Å². The quantitative estimate of drug-likeness (QED) is 0.305. The number of terminal acetylenes is 1. The van der Waals surface area contributed by atoms with E-state index in [-0.39, 0.29) is 5.78 Å². The normalized spacial score (nSPS) is 9.14. The van der Waals surface area contributed by atoms with E-state index in [0.717, 1.165) is 11.1 Å². The fourth-order valence-corrected chi connectivity index (χ4v) is 1.41. The van der Waals surface area contributed by atoms with E-state index in [0.29, 0.717) is 12.0 Å². The first-order chi connectivity index (χ1) is 6.70. The number of aryl methyl sites for hydroxylation is 1. The average molecular weight is 184 g/mol.